The quantitative estimate of drug-likeness (QED) is 0.840. The van der Waals surface area contributed by atoms with Gasteiger partial charge in [0.25, 0.3) is 0 Å². The summed E-state index contributed by atoms with van der Waals surface area (Å²) < 4.78 is 5.14. The molecular formula is C14H21Cl2N5O2. The number of hydrogen-bond acceptors (Lipinski definition) is 6. The Bertz CT molecular complexity index is 594. The van der Waals surface area contributed by atoms with Gasteiger partial charge in [-0.2, -0.15) is 4.98 Å². The molecule has 23 heavy (non-hydrogen) atoms. The monoisotopic (exact) mass is 361 g/mol. The number of nitrogens with two attached hydrogens (primary N) is 1. The van der Waals surface area contributed by atoms with E-state index in [1.54, 1.807) is 24.2 Å². The maximum atomic E-state index is 12.0. The molecule has 0 saturated heterocycles. The van der Waals surface area contributed by atoms with Crippen molar-refractivity contribution >= 4 is 30.7 Å². The van der Waals surface area contributed by atoms with Crippen molar-refractivity contribution in [3.63, 3.8) is 0 Å². The van der Waals surface area contributed by atoms with E-state index in [1.807, 2.05) is 19.1 Å². The summed E-state index contributed by atoms with van der Waals surface area (Å²) in [5.74, 6) is 0.866. The number of carbonyl (C=O) groups excluding carboxylic acids is 1. The summed E-state index contributed by atoms with van der Waals surface area (Å²) >= 11 is 0. The second-order valence-corrected chi connectivity index (χ2v) is 4.82. The van der Waals surface area contributed by atoms with E-state index >= 15 is 0 Å². The van der Waals surface area contributed by atoms with Crippen LogP contribution in [0.4, 0.5) is 0 Å². The lowest BCUT2D eigenvalue weighted by Crippen LogP contribution is -2.39. The Hall–Kier alpha value is -1.70. The fraction of sp³-hybridized carbons (Fsp3) is 0.429. The molecule has 0 radical (unpaired) electrons. The molecule has 2 aromatic heterocycles. The summed E-state index contributed by atoms with van der Waals surface area (Å²) in [6.07, 6.45) is 2.38. The van der Waals surface area contributed by atoms with Gasteiger partial charge in [-0.3, -0.25) is 9.78 Å². The minimum Gasteiger partial charge on any atom is -0.342 e. The molecule has 0 saturated carbocycles. The molecule has 9 heteroatoms. The largest absolute Gasteiger partial charge is 0.342 e. The molecule has 0 aliphatic rings. The molecule has 0 bridgehead atoms. The molecule has 7 nitrogen and oxygen atoms in total. The van der Waals surface area contributed by atoms with Crippen molar-refractivity contribution in [1.29, 1.82) is 0 Å². The van der Waals surface area contributed by atoms with Gasteiger partial charge in [-0.05, 0) is 19.1 Å². The van der Waals surface area contributed by atoms with Gasteiger partial charge >= 0.3 is 0 Å². The highest BCUT2D eigenvalue weighted by atomic mass is 35.5. The number of rotatable bonds is 6. The first kappa shape index (κ1) is 21.3. The van der Waals surface area contributed by atoms with E-state index in [9.17, 15) is 4.79 Å². The fourth-order valence-electron chi connectivity index (χ4n) is 1.75. The Balaban J connectivity index is 0.00000242. The molecule has 0 aliphatic heterocycles. The van der Waals surface area contributed by atoms with Crippen LogP contribution in [0.1, 0.15) is 19.2 Å². The first-order valence-corrected chi connectivity index (χ1v) is 6.81. The topological polar surface area (TPSA) is 98.1 Å². The summed E-state index contributed by atoms with van der Waals surface area (Å²) in [5, 5.41) is 3.87. The van der Waals surface area contributed by atoms with Crippen molar-refractivity contribution in [2.45, 2.75) is 25.8 Å². The predicted molar refractivity (Wildman–Crippen MR) is 91.6 cm³/mol. The van der Waals surface area contributed by atoms with Gasteiger partial charge in [-0.15, -0.1) is 24.8 Å². The maximum Gasteiger partial charge on any atom is 0.227 e. The zero-order valence-corrected chi connectivity index (χ0v) is 14.6. The van der Waals surface area contributed by atoms with Gasteiger partial charge < -0.3 is 15.2 Å². The lowest BCUT2D eigenvalue weighted by Gasteiger charge is -2.23. The molecule has 2 N–H and O–H groups in total. The number of nitrogens with zero attached hydrogens (tertiary/aromatic N) is 4. The molecule has 2 rings (SSSR count). The Kier molecular flexibility index (Phi) is 9.40. The number of amides is 1. The zero-order valence-electron chi connectivity index (χ0n) is 13.0. The van der Waals surface area contributed by atoms with Gasteiger partial charge in [0.05, 0.1) is 0 Å². The molecule has 1 unspecified atom stereocenters. The summed E-state index contributed by atoms with van der Waals surface area (Å²) in [7, 11) is 1.74. The number of hydrogen-bond donors (Lipinski definition) is 1. The van der Waals surface area contributed by atoms with E-state index in [4.69, 9.17) is 10.3 Å². The van der Waals surface area contributed by atoms with Crippen LogP contribution in [0.25, 0.3) is 11.5 Å². The predicted octanol–water partition coefficient (Wildman–Crippen LogP) is 1.71. The Morgan fingerprint density at radius 3 is 2.74 bits per heavy atom. The lowest BCUT2D eigenvalue weighted by molar-refractivity contribution is -0.131. The van der Waals surface area contributed by atoms with Crippen molar-refractivity contribution < 1.29 is 9.32 Å². The van der Waals surface area contributed by atoms with Crippen LogP contribution in [-0.4, -0.2) is 45.6 Å². The number of carbonyl (C=O) groups is 1. The molecule has 1 amide bonds. The third kappa shape index (κ3) is 5.78. The summed E-state index contributed by atoms with van der Waals surface area (Å²) in [4.78, 5) is 22.0. The number of aromatic nitrogens is 3. The van der Waals surface area contributed by atoms with Crippen molar-refractivity contribution in [2.24, 2.45) is 5.73 Å². The average Bonchev–Trinajstić information content (AvgIpc) is 3.01. The van der Waals surface area contributed by atoms with E-state index in [0.717, 1.165) is 0 Å². The average molecular weight is 362 g/mol. The SMILES string of the molecule is CC(CN)N(C)C(=O)CCc1nc(-c2ccccn2)no1.Cl.Cl. The molecule has 0 spiro atoms. The van der Waals surface area contributed by atoms with Crippen molar-refractivity contribution in [1.82, 2.24) is 20.0 Å². The van der Waals surface area contributed by atoms with Crippen LogP contribution in [0.3, 0.4) is 0 Å². The molecule has 1 atom stereocenters. The van der Waals surface area contributed by atoms with Crippen molar-refractivity contribution in [2.75, 3.05) is 13.6 Å². The minimum atomic E-state index is 0. The standard InChI is InChI=1S/C14H19N5O2.2ClH/c1-10(9-15)19(2)13(20)7-6-12-17-14(18-21-12)11-5-3-4-8-16-11;;/h3-5,8,10H,6-7,9,15H2,1-2H3;2*1H. The molecular weight excluding hydrogens is 341 g/mol. The van der Waals surface area contributed by atoms with Gasteiger partial charge in [-0.25, -0.2) is 0 Å². The first-order valence-electron chi connectivity index (χ1n) is 6.81. The smallest absolute Gasteiger partial charge is 0.227 e. The van der Waals surface area contributed by atoms with E-state index in [2.05, 4.69) is 15.1 Å². The third-order valence-electron chi connectivity index (χ3n) is 3.31. The van der Waals surface area contributed by atoms with Gasteiger partial charge in [-0.1, -0.05) is 11.2 Å². The number of likely N-dealkylation sites (N-methyl/N-ethyl adjacent to an activating group) is 1. The van der Waals surface area contributed by atoms with Gasteiger partial charge in [0.15, 0.2) is 0 Å². The number of halogens is 2. The highest BCUT2D eigenvalue weighted by Crippen LogP contribution is 2.13. The molecule has 0 aromatic carbocycles. The van der Waals surface area contributed by atoms with E-state index < -0.39 is 0 Å². The number of pyridine rings is 1. The zero-order chi connectivity index (χ0) is 15.2. The summed E-state index contributed by atoms with van der Waals surface area (Å²) in [5.41, 5.74) is 6.19. The van der Waals surface area contributed by atoms with Crippen molar-refractivity contribution in [3.8, 4) is 11.5 Å². The fourth-order valence-corrected chi connectivity index (χ4v) is 1.75. The maximum absolute atomic E-state index is 12.0. The van der Waals surface area contributed by atoms with Crippen LogP contribution in [-0.2, 0) is 11.2 Å². The molecule has 128 valence electrons. The first-order chi connectivity index (χ1) is 10.1. The van der Waals surface area contributed by atoms with Crippen LogP contribution in [0, 0.1) is 0 Å². The Morgan fingerprint density at radius 2 is 2.13 bits per heavy atom. The Labute approximate surface area is 147 Å². The molecule has 2 aromatic rings. The van der Waals surface area contributed by atoms with Crippen LogP contribution < -0.4 is 5.73 Å². The minimum absolute atomic E-state index is 0. The number of aryl methyl sites for hydroxylation is 1. The van der Waals surface area contributed by atoms with Gasteiger partial charge in [0.1, 0.15) is 5.69 Å². The van der Waals surface area contributed by atoms with Crippen LogP contribution >= 0.6 is 24.8 Å². The lowest BCUT2D eigenvalue weighted by atomic mass is 10.2. The second-order valence-electron chi connectivity index (χ2n) is 4.82. The normalized spacial score (nSPS) is 11.1. The Morgan fingerprint density at radius 1 is 1.39 bits per heavy atom. The highest BCUT2D eigenvalue weighted by Gasteiger charge is 2.16. The third-order valence-corrected chi connectivity index (χ3v) is 3.31. The van der Waals surface area contributed by atoms with Crippen molar-refractivity contribution in [3.05, 3.63) is 30.3 Å². The van der Waals surface area contributed by atoms with E-state index in [-0.39, 0.29) is 36.8 Å². The highest BCUT2D eigenvalue weighted by molar-refractivity contribution is 5.85. The molecule has 0 fully saturated rings. The van der Waals surface area contributed by atoms with Crippen LogP contribution in [0.5, 0.6) is 0 Å². The molecule has 2 heterocycles. The summed E-state index contributed by atoms with van der Waals surface area (Å²) in [6, 6.07) is 5.49. The second kappa shape index (κ2) is 10.1. The van der Waals surface area contributed by atoms with Gasteiger partial charge in [0.2, 0.25) is 17.6 Å². The summed E-state index contributed by atoms with van der Waals surface area (Å²) in [6.45, 7) is 2.34. The van der Waals surface area contributed by atoms with Gasteiger partial charge in [0, 0.05) is 38.7 Å². The van der Waals surface area contributed by atoms with E-state index in [1.165, 1.54) is 0 Å². The molecule has 0 aliphatic carbocycles. The van der Waals surface area contributed by atoms with Crippen LogP contribution in [0.15, 0.2) is 28.9 Å². The van der Waals surface area contributed by atoms with Crippen LogP contribution in [0.2, 0.25) is 0 Å². The van der Waals surface area contributed by atoms with E-state index in [0.29, 0.717) is 36.8 Å².